The second-order valence-corrected chi connectivity index (χ2v) is 22.0. The van der Waals surface area contributed by atoms with E-state index in [1.807, 2.05) is 66.7 Å². The summed E-state index contributed by atoms with van der Waals surface area (Å²) in [5.41, 5.74) is 1.62. The summed E-state index contributed by atoms with van der Waals surface area (Å²) in [5.74, 6) is -4.96. The highest BCUT2D eigenvalue weighted by molar-refractivity contribution is 8.76. The number of amides is 8. The van der Waals surface area contributed by atoms with E-state index >= 15 is 0 Å². The minimum Gasteiger partial charge on any atom is -0.456 e. The van der Waals surface area contributed by atoms with Crippen molar-refractivity contribution in [1.29, 1.82) is 0 Å². The second-order valence-electron chi connectivity index (χ2n) is 18.5. The maximum absolute atomic E-state index is 13.4. The zero-order valence-electron chi connectivity index (χ0n) is 43.0. The largest absolute Gasteiger partial charge is 0.456 e. The molecule has 76 heavy (non-hydrogen) atoms. The lowest BCUT2D eigenvalue weighted by Gasteiger charge is -2.27. The van der Waals surface area contributed by atoms with Gasteiger partial charge < -0.3 is 52.0 Å². The van der Waals surface area contributed by atoms with Gasteiger partial charge in [0.1, 0.15) is 61.5 Å². The van der Waals surface area contributed by atoms with Crippen LogP contribution in [0.4, 0.5) is 0 Å². The molecule has 2 fully saturated rings. The molecule has 0 radical (unpaired) electrons. The molecule has 3 aliphatic heterocycles. The number of fused-ring (bicyclic) bond motifs is 7. The Hall–Kier alpha value is -5.98. The Morgan fingerprint density at radius 2 is 1.11 bits per heavy atom. The molecule has 0 saturated carbocycles. The molecule has 8 N–H and O–H groups in total. The van der Waals surface area contributed by atoms with Crippen LogP contribution in [0, 0.1) is 11.8 Å². The van der Waals surface area contributed by atoms with Crippen LogP contribution in [0.5, 0.6) is 0 Å². The highest BCUT2D eigenvalue weighted by Gasteiger charge is 2.34. The molecule has 8 atom stereocenters. The number of cyclic esters (lactones) is 1. The minimum atomic E-state index is -1.06. The van der Waals surface area contributed by atoms with Crippen molar-refractivity contribution >= 4 is 106 Å². The van der Waals surface area contributed by atoms with Crippen LogP contribution in [0.1, 0.15) is 64.5 Å². The standard InChI is InChI=1S/C26H34N4O6S2.C26H36N4O6S2/c1-16(2)23-26(35)27-14-22(32)36-18-10-6-7-11-37-38-15-20(25(34)30-23)29-24(33)19(28-21(31)13-18)12-17-8-4-3-5-9-17;1-16(2)23-26(35)27-14-22(32)36-18(10-6-7-11-37)13-21(31)28-19(12-17-8-4-3-5-9-17)24(33)29-20(15-38)25(34)30-23/h3-6,8-10,16,18-20,23H,7,11-15H2,1-2H3,(H,27,35)(H,28,31)(H,29,33)(H,30,34);3-6,8-10,16,18-20,23,37-38H,7,11-15H2,1-2H3,(H,27,35)(H,28,31)(H,29,33)(H,30,34)/b2*10-6+/t2*18-,19-,20-,23-/m11/s1. The van der Waals surface area contributed by atoms with Crippen LogP contribution in [-0.2, 0) is 70.3 Å². The number of hydrogen-bond donors (Lipinski definition) is 10. The first-order valence-corrected chi connectivity index (χ1v) is 28.7. The molecule has 3 aliphatic rings. The Balaban J connectivity index is 0.000000328. The lowest BCUT2D eigenvalue weighted by atomic mass is 10.0. The molecule has 20 nitrogen and oxygen atoms in total. The molecule has 2 aromatic rings. The van der Waals surface area contributed by atoms with E-state index in [1.54, 1.807) is 45.9 Å². The van der Waals surface area contributed by atoms with Crippen molar-refractivity contribution in [2.75, 3.05) is 36.1 Å². The van der Waals surface area contributed by atoms with Crippen molar-refractivity contribution in [1.82, 2.24) is 42.5 Å². The number of nitrogens with one attached hydrogen (secondary N) is 8. The Kier molecular flexibility index (Phi) is 27.4. The third-order valence-corrected chi connectivity index (χ3v) is 14.7. The predicted molar refractivity (Wildman–Crippen MR) is 297 cm³/mol. The second kappa shape index (κ2) is 33.2. The summed E-state index contributed by atoms with van der Waals surface area (Å²) < 4.78 is 10.9. The molecule has 3 heterocycles. The number of carbonyl (C=O) groups is 10. The maximum Gasteiger partial charge on any atom is 0.326 e. The zero-order valence-corrected chi connectivity index (χ0v) is 46.4. The third kappa shape index (κ3) is 22.3. The van der Waals surface area contributed by atoms with Crippen LogP contribution in [0.3, 0.4) is 0 Å². The van der Waals surface area contributed by atoms with Crippen LogP contribution in [-0.4, -0.2) is 144 Å². The lowest BCUT2D eigenvalue weighted by molar-refractivity contribution is -0.149. The van der Waals surface area contributed by atoms with E-state index in [9.17, 15) is 47.9 Å². The predicted octanol–water partition coefficient (Wildman–Crippen LogP) is 1.69. The van der Waals surface area contributed by atoms with Crippen molar-refractivity contribution in [2.45, 2.75) is 115 Å². The molecule has 24 heteroatoms. The molecule has 2 saturated heterocycles. The van der Waals surface area contributed by atoms with Gasteiger partial charge in [-0.25, -0.2) is 0 Å². The third-order valence-electron chi connectivity index (χ3n) is 11.6. The van der Waals surface area contributed by atoms with Crippen molar-refractivity contribution < 1.29 is 57.4 Å². The molecule has 5 rings (SSSR count). The van der Waals surface area contributed by atoms with Crippen LogP contribution in [0.15, 0.2) is 85.0 Å². The summed E-state index contributed by atoms with van der Waals surface area (Å²) in [6.45, 7) is 6.17. The first kappa shape index (κ1) is 62.6. The molecule has 2 aromatic carbocycles. The molecular formula is C52H70N8O12S4. The lowest BCUT2D eigenvalue weighted by Crippen LogP contribution is -2.59. The fraction of sp³-hybridized carbons (Fsp3) is 0.500. The van der Waals surface area contributed by atoms with Gasteiger partial charge in [0.2, 0.25) is 47.3 Å². The molecule has 0 spiro atoms. The summed E-state index contributed by atoms with van der Waals surface area (Å²) in [5, 5.41) is 21.2. The van der Waals surface area contributed by atoms with E-state index in [1.165, 1.54) is 21.6 Å². The van der Waals surface area contributed by atoms with Gasteiger partial charge in [0.15, 0.2) is 0 Å². The number of benzene rings is 2. The smallest absolute Gasteiger partial charge is 0.326 e. The van der Waals surface area contributed by atoms with Crippen molar-refractivity contribution in [3.63, 3.8) is 0 Å². The first-order valence-electron chi connectivity index (χ1n) is 25.0. The van der Waals surface area contributed by atoms with E-state index in [0.29, 0.717) is 24.3 Å². The Morgan fingerprint density at radius 1 is 0.592 bits per heavy atom. The van der Waals surface area contributed by atoms with Crippen LogP contribution < -0.4 is 42.5 Å². The average molecular weight is 1130 g/mol. The Labute approximate surface area is 462 Å². The molecule has 0 aromatic heterocycles. The normalized spacial score (nSPS) is 25.8. The van der Waals surface area contributed by atoms with E-state index in [-0.39, 0.29) is 49.0 Å². The molecule has 0 aliphatic carbocycles. The highest BCUT2D eigenvalue weighted by Crippen LogP contribution is 2.24. The Bertz CT molecular complexity index is 2360. The van der Waals surface area contributed by atoms with E-state index in [0.717, 1.165) is 11.1 Å². The summed E-state index contributed by atoms with van der Waals surface area (Å²) in [7, 11) is 2.97. The van der Waals surface area contributed by atoms with Crippen molar-refractivity contribution in [3.8, 4) is 0 Å². The van der Waals surface area contributed by atoms with Gasteiger partial charge >= 0.3 is 11.9 Å². The van der Waals surface area contributed by atoms with E-state index < -0.39 is 121 Å². The number of thiol groups is 2. The summed E-state index contributed by atoms with van der Waals surface area (Å²) in [4.78, 5) is 130. The molecule has 2 bridgehead atoms. The number of ether oxygens (including phenoxy) is 2. The molecule has 414 valence electrons. The van der Waals surface area contributed by atoms with Crippen LogP contribution in [0.2, 0.25) is 0 Å². The van der Waals surface area contributed by atoms with E-state index in [2.05, 4.69) is 67.8 Å². The number of allylic oxidation sites excluding steroid dienone is 2. The first-order chi connectivity index (χ1) is 36.4. The number of carbonyl (C=O) groups excluding carboxylic acids is 10. The fourth-order valence-electron chi connectivity index (χ4n) is 7.61. The SMILES string of the molecule is CC(C)[C@H]1NC(=O)[C@@H](CS)NC(=O)[C@@H](Cc2ccccc2)NC(=O)C[C@@H](/C=C/CCS)OC(=O)CNC1=O.CC(C)[C@H]1NC(=O)[C@H]2CSSCC/C=C/[C@H](CC(=O)N[C@H](Cc3ccccc3)C(=O)N2)OC(=O)CNC1=O. The van der Waals surface area contributed by atoms with Gasteiger partial charge in [-0.1, -0.05) is 122 Å². The fourth-order valence-corrected chi connectivity index (χ4v) is 10.2. The molecule has 0 unspecified atom stereocenters. The number of hydrogen-bond acceptors (Lipinski definition) is 16. The van der Waals surface area contributed by atoms with Gasteiger partial charge in [-0.3, -0.25) is 47.9 Å². The highest BCUT2D eigenvalue weighted by atomic mass is 33.1. The molecule has 8 amide bonds. The summed E-state index contributed by atoms with van der Waals surface area (Å²) in [6.07, 6.45) is 6.18. The van der Waals surface area contributed by atoms with Gasteiger partial charge in [0.05, 0.1) is 12.8 Å². The monoisotopic (exact) mass is 1130 g/mol. The quantitative estimate of drug-likeness (QED) is 0.0702. The van der Waals surface area contributed by atoms with Gasteiger partial charge in [0, 0.05) is 30.1 Å². The maximum atomic E-state index is 13.4. The van der Waals surface area contributed by atoms with Crippen molar-refractivity contribution in [2.24, 2.45) is 11.8 Å². The van der Waals surface area contributed by atoms with Gasteiger partial charge in [-0.05, 0) is 53.7 Å². The topological polar surface area (TPSA) is 285 Å². The molecular weight excluding hydrogens is 1060 g/mol. The number of esters is 2. The summed E-state index contributed by atoms with van der Waals surface area (Å²) in [6, 6.07) is 12.4. The van der Waals surface area contributed by atoms with Crippen molar-refractivity contribution in [3.05, 3.63) is 96.1 Å². The van der Waals surface area contributed by atoms with E-state index in [4.69, 9.17) is 9.47 Å². The van der Waals surface area contributed by atoms with Gasteiger partial charge in [0.25, 0.3) is 0 Å². The number of rotatable bonds is 10. The average Bonchev–Trinajstić information content (AvgIpc) is 3.38. The Morgan fingerprint density at radius 3 is 1.64 bits per heavy atom. The minimum absolute atomic E-state index is 0.0413. The zero-order chi connectivity index (χ0) is 55.6. The van der Waals surface area contributed by atoms with Crippen LogP contribution in [0.25, 0.3) is 0 Å². The summed E-state index contributed by atoms with van der Waals surface area (Å²) >= 11 is 8.35. The van der Waals surface area contributed by atoms with Crippen LogP contribution >= 0.6 is 46.8 Å². The van der Waals surface area contributed by atoms with Gasteiger partial charge in [-0.15, -0.1) is 0 Å². The van der Waals surface area contributed by atoms with Gasteiger partial charge in [-0.2, -0.15) is 25.3 Å².